The summed E-state index contributed by atoms with van der Waals surface area (Å²) in [4.78, 5) is 28.7. The fourth-order valence-electron chi connectivity index (χ4n) is 2.92. The molecule has 4 nitrogen and oxygen atoms in total. The largest absolute Gasteiger partial charge is 0.325 e. The molecule has 5 heteroatoms. The third-order valence-corrected chi connectivity index (χ3v) is 4.68. The highest BCUT2D eigenvalue weighted by Crippen LogP contribution is 2.28. The van der Waals surface area contributed by atoms with Crippen LogP contribution in [0.2, 0.25) is 5.02 Å². The van der Waals surface area contributed by atoms with E-state index in [1.807, 2.05) is 37.3 Å². The van der Waals surface area contributed by atoms with Gasteiger partial charge in [0, 0.05) is 18.7 Å². The van der Waals surface area contributed by atoms with E-state index in [0.29, 0.717) is 29.4 Å². The van der Waals surface area contributed by atoms with Gasteiger partial charge in [-0.05, 0) is 38.1 Å². The molecule has 3 rings (SSSR count). The monoisotopic (exact) mass is 342 g/mol. The van der Waals surface area contributed by atoms with Gasteiger partial charge in [-0.25, -0.2) is 0 Å². The van der Waals surface area contributed by atoms with Crippen molar-refractivity contribution in [3.63, 3.8) is 0 Å². The van der Waals surface area contributed by atoms with Crippen molar-refractivity contribution in [1.29, 1.82) is 0 Å². The molecular formula is C19H19ClN2O2. The summed E-state index contributed by atoms with van der Waals surface area (Å²) in [5, 5.41) is 0.538. The highest BCUT2D eigenvalue weighted by Gasteiger charge is 2.35. The molecule has 0 N–H and O–H groups in total. The average molecular weight is 343 g/mol. The second-order valence-corrected chi connectivity index (χ2v) is 6.39. The van der Waals surface area contributed by atoms with Crippen LogP contribution in [0.3, 0.4) is 0 Å². The van der Waals surface area contributed by atoms with Crippen molar-refractivity contribution >= 4 is 29.1 Å². The first-order valence-corrected chi connectivity index (χ1v) is 8.30. The molecule has 0 radical (unpaired) electrons. The van der Waals surface area contributed by atoms with Crippen LogP contribution in [0.25, 0.3) is 0 Å². The van der Waals surface area contributed by atoms with Crippen LogP contribution < -0.4 is 4.90 Å². The van der Waals surface area contributed by atoms with E-state index in [2.05, 4.69) is 0 Å². The molecule has 1 aliphatic heterocycles. The van der Waals surface area contributed by atoms with Gasteiger partial charge in [0.05, 0.1) is 10.7 Å². The van der Waals surface area contributed by atoms with Crippen LogP contribution in [0.5, 0.6) is 0 Å². The van der Waals surface area contributed by atoms with E-state index < -0.39 is 6.04 Å². The third kappa shape index (κ3) is 3.02. The lowest BCUT2D eigenvalue weighted by molar-refractivity contribution is -0.124. The Balaban J connectivity index is 1.81. The number of piperazine rings is 1. The number of hydrogen-bond donors (Lipinski definition) is 0. The minimum atomic E-state index is -0.524. The van der Waals surface area contributed by atoms with Crippen molar-refractivity contribution in [2.75, 3.05) is 18.0 Å². The number of anilines is 1. The standard InChI is InChI=1S/C19H19ClN2O2/c1-13-7-9-15(10-8-13)19(24)21-11-12-22(18(23)14(21)2)17-6-4-3-5-16(17)20/h3-10,14H,11-12H2,1-2H3/t14-/m0/s1. The van der Waals surface area contributed by atoms with Gasteiger partial charge in [-0.3, -0.25) is 9.59 Å². The number of rotatable bonds is 2. The van der Waals surface area contributed by atoms with Crippen LogP contribution in [0.4, 0.5) is 5.69 Å². The number of benzene rings is 2. The van der Waals surface area contributed by atoms with Gasteiger partial charge < -0.3 is 9.80 Å². The first kappa shape index (κ1) is 16.5. The maximum atomic E-state index is 12.8. The molecule has 1 fully saturated rings. The van der Waals surface area contributed by atoms with Crippen molar-refractivity contribution in [3.05, 3.63) is 64.7 Å². The molecule has 0 spiro atoms. The molecule has 1 aliphatic rings. The van der Waals surface area contributed by atoms with E-state index in [0.717, 1.165) is 5.56 Å². The smallest absolute Gasteiger partial charge is 0.254 e. The summed E-state index contributed by atoms with van der Waals surface area (Å²) in [5.74, 6) is -0.232. The zero-order chi connectivity index (χ0) is 17.3. The molecule has 2 amide bonds. The van der Waals surface area contributed by atoms with Gasteiger partial charge in [-0.2, -0.15) is 0 Å². The molecular weight excluding hydrogens is 324 g/mol. The van der Waals surface area contributed by atoms with Gasteiger partial charge in [0.2, 0.25) is 5.91 Å². The summed E-state index contributed by atoms with van der Waals surface area (Å²) >= 11 is 6.21. The molecule has 24 heavy (non-hydrogen) atoms. The minimum Gasteiger partial charge on any atom is -0.325 e. The first-order chi connectivity index (χ1) is 11.5. The lowest BCUT2D eigenvalue weighted by atomic mass is 10.1. The summed E-state index contributed by atoms with van der Waals surface area (Å²) in [6.45, 7) is 4.65. The number of halogens is 1. The molecule has 0 bridgehead atoms. The van der Waals surface area contributed by atoms with Crippen molar-refractivity contribution in [2.24, 2.45) is 0 Å². The molecule has 1 saturated heterocycles. The Hall–Kier alpha value is -2.33. The second kappa shape index (κ2) is 6.65. The number of carbonyl (C=O) groups excluding carboxylic acids is 2. The summed E-state index contributed by atoms with van der Waals surface area (Å²) in [6.07, 6.45) is 0. The summed E-state index contributed by atoms with van der Waals surface area (Å²) < 4.78 is 0. The Morgan fingerprint density at radius 3 is 2.42 bits per heavy atom. The Kier molecular flexibility index (Phi) is 4.58. The van der Waals surface area contributed by atoms with Gasteiger partial charge in [0.1, 0.15) is 6.04 Å². The van der Waals surface area contributed by atoms with Crippen LogP contribution in [-0.4, -0.2) is 35.8 Å². The van der Waals surface area contributed by atoms with Crippen LogP contribution in [0, 0.1) is 6.92 Å². The third-order valence-electron chi connectivity index (χ3n) is 4.36. The topological polar surface area (TPSA) is 40.6 Å². The predicted molar refractivity (Wildman–Crippen MR) is 95.5 cm³/mol. The van der Waals surface area contributed by atoms with Gasteiger partial charge in [-0.1, -0.05) is 41.4 Å². The first-order valence-electron chi connectivity index (χ1n) is 7.92. The molecule has 124 valence electrons. The normalized spacial score (nSPS) is 18.0. The maximum Gasteiger partial charge on any atom is 0.254 e. The highest BCUT2D eigenvalue weighted by molar-refractivity contribution is 6.33. The lowest BCUT2D eigenvalue weighted by Crippen LogP contribution is -2.57. The number of hydrogen-bond acceptors (Lipinski definition) is 2. The van der Waals surface area contributed by atoms with E-state index in [1.54, 1.807) is 34.9 Å². The summed E-state index contributed by atoms with van der Waals surface area (Å²) in [6, 6.07) is 14.1. The number of amides is 2. The Labute approximate surface area is 146 Å². The van der Waals surface area contributed by atoms with Gasteiger partial charge >= 0.3 is 0 Å². The van der Waals surface area contributed by atoms with Crippen LogP contribution in [0.15, 0.2) is 48.5 Å². The van der Waals surface area contributed by atoms with Gasteiger partial charge in [-0.15, -0.1) is 0 Å². The average Bonchev–Trinajstić information content (AvgIpc) is 2.58. The molecule has 0 unspecified atom stereocenters. The van der Waals surface area contributed by atoms with Gasteiger partial charge in [0.25, 0.3) is 5.91 Å². The number of nitrogens with zero attached hydrogens (tertiary/aromatic N) is 2. The van der Waals surface area contributed by atoms with Gasteiger partial charge in [0.15, 0.2) is 0 Å². The number of aryl methyl sites for hydroxylation is 1. The number of para-hydroxylation sites is 1. The van der Waals surface area contributed by atoms with E-state index >= 15 is 0 Å². The fourth-order valence-corrected chi connectivity index (χ4v) is 3.16. The Bertz CT molecular complexity index is 773. The van der Waals surface area contributed by atoms with Crippen LogP contribution in [0.1, 0.15) is 22.8 Å². The SMILES string of the molecule is Cc1ccc(C(=O)N2CCN(c3ccccc3Cl)C(=O)[C@@H]2C)cc1. The fraction of sp³-hybridized carbons (Fsp3) is 0.263. The molecule has 1 atom stereocenters. The molecule has 1 heterocycles. The highest BCUT2D eigenvalue weighted by atomic mass is 35.5. The van der Waals surface area contributed by atoms with E-state index in [9.17, 15) is 9.59 Å². The quantitative estimate of drug-likeness (QED) is 0.837. The van der Waals surface area contributed by atoms with Crippen molar-refractivity contribution in [1.82, 2.24) is 4.90 Å². The Morgan fingerprint density at radius 2 is 1.75 bits per heavy atom. The van der Waals surface area contributed by atoms with E-state index in [1.165, 1.54) is 0 Å². The summed E-state index contributed by atoms with van der Waals surface area (Å²) in [5.41, 5.74) is 2.39. The zero-order valence-electron chi connectivity index (χ0n) is 13.7. The zero-order valence-corrected chi connectivity index (χ0v) is 14.5. The summed E-state index contributed by atoms with van der Waals surface area (Å²) in [7, 11) is 0. The lowest BCUT2D eigenvalue weighted by Gasteiger charge is -2.39. The number of carbonyl (C=O) groups is 2. The molecule has 0 aromatic heterocycles. The van der Waals surface area contributed by atoms with Crippen LogP contribution in [-0.2, 0) is 4.79 Å². The molecule has 0 aliphatic carbocycles. The minimum absolute atomic E-state index is 0.116. The maximum absolute atomic E-state index is 12.8. The predicted octanol–water partition coefficient (Wildman–Crippen LogP) is 3.53. The Morgan fingerprint density at radius 1 is 1.08 bits per heavy atom. The van der Waals surface area contributed by atoms with Crippen LogP contribution >= 0.6 is 11.6 Å². The van der Waals surface area contributed by atoms with Crippen molar-refractivity contribution < 1.29 is 9.59 Å². The van der Waals surface area contributed by atoms with Crippen molar-refractivity contribution in [2.45, 2.75) is 19.9 Å². The second-order valence-electron chi connectivity index (χ2n) is 5.98. The molecule has 2 aromatic carbocycles. The van der Waals surface area contributed by atoms with E-state index in [-0.39, 0.29) is 11.8 Å². The molecule has 2 aromatic rings. The van der Waals surface area contributed by atoms with Crippen molar-refractivity contribution in [3.8, 4) is 0 Å². The molecule has 0 saturated carbocycles. The van der Waals surface area contributed by atoms with E-state index in [4.69, 9.17) is 11.6 Å².